The van der Waals surface area contributed by atoms with Gasteiger partial charge in [0.15, 0.2) is 0 Å². The molecule has 0 saturated heterocycles. The summed E-state index contributed by atoms with van der Waals surface area (Å²) in [6.45, 7) is 8.88. The van der Waals surface area contributed by atoms with E-state index in [1.807, 2.05) is 19.9 Å². The fraction of sp³-hybridized carbons (Fsp3) is 0.714. The maximum atomic E-state index is 10.5. The Bertz CT molecular complexity index is 727. The third-order valence-corrected chi connectivity index (χ3v) is 8.36. The minimum absolute atomic E-state index is 0.229. The Kier molecular flexibility index (Phi) is 8.05. The van der Waals surface area contributed by atoms with Crippen molar-refractivity contribution >= 4 is 0 Å². The van der Waals surface area contributed by atoms with Crippen molar-refractivity contribution in [3.63, 3.8) is 0 Å². The van der Waals surface area contributed by atoms with Gasteiger partial charge in [-0.2, -0.15) is 0 Å². The van der Waals surface area contributed by atoms with Gasteiger partial charge in [0.2, 0.25) is 0 Å². The molecule has 0 spiro atoms. The van der Waals surface area contributed by atoms with E-state index in [9.17, 15) is 15.3 Å². The molecular formula is C28H44O3. The molecule has 0 bridgehead atoms. The predicted molar refractivity (Wildman–Crippen MR) is 129 cm³/mol. The van der Waals surface area contributed by atoms with E-state index in [1.54, 1.807) is 5.57 Å². The lowest BCUT2D eigenvalue weighted by Crippen LogP contribution is -2.32. The van der Waals surface area contributed by atoms with Gasteiger partial charge in [0.05, 0.1) is 17.8 Å². The van der Waals surface area contributed by atoms with Crippen LogP contribution >= 0.6 is 0 Å². The van der Waals surface area contributed by atoms with Crippen LogP contribution in [0.4, 0.5) is 0 Å². The minimum Gasteiger partial charge on any atom is -0.393 e. The predicted octanol–water partition coefficient (Wildman–Crippen LogP) is 6.01. The third-order valence-electron chi connectivity index (χ3n) is 8.36. The molecule has 3 aliphatic carbocycles. The van der Waals surface area contributed by atoms with Crippen molar-refractivity contribution in [1.29, 1.82) is 0 Å². The Balaban J connectivity index is 1.69. The van der Waals surface area contributed by atoms with Gasteiger partial charge in [-0.15, -0.1) is 0 Å². The number of aliphatic hydroxyl groups is 3. The summed E-state index contributed by atoms with van der Waals surface area (Å²) in [5, 5.41) is 30.5. The largest absolute Gasteiger partial charge is 0.393 e. The van der Waals surface area contributed by atoms with Crippen LogP contribution < -0.4 is 0 Å². The molecule has 0 radical (unpaired) electrons. The summed E-state index contributed by atoms with van der Waals surface area (Å²) >= 11 is 0. The molecule has 174 valence electrons. The Morgan fingerprint density at radius 3 is 2.48 bits per heavy atom. The summed E-state index contributed by atoms with van der Waals surface area (Å²) in [7, 11) is 0. The van der Waals surface area contributed by atoms with Crippen LogP contribution in [0, 0.1) is 17.3 Å². The molecule has 3 nitrogen and oxygen atoms in total. The summed E-state index contributed by atoms with van der Waals surface area (Å²) in [6, 6.07) is 0. The van der Waals surface area contributed by atoms with Gasteiger partial charge in [-0.3, -0.25) is 0 Å². The summed E-state index contributed by atoms with van der Waals surface area (Å²) in [4.78, 5) is 0. The molecule has 3 aliphatic rings. The highest BCUT2D eigenvalue weighted by Crippen LogP contribution is 2.56. The normalized spacial score (nSPS) is 34.2. The van der Waals surface area contributed by atoms with Gasteiger partial charge in [-0.25, -0.2) is 0 Å². The first kappa shape index (κ1) is 24.5. The number of hydrogen-bond donors (Lipinski definition) is 3. The van der Waals surface area contributed by atoms with Crippen LogP contribution in [0.25, 0.3) is 0 Å². The van der Waals surface area contributed by atoms with Crippen molar-refractivity contribution in [2.24, 2.45) is 17.3 Å². The Labute approximate surface area is 189 Å². The molecule has 0 aromatic heterocycles. The van der Waals surface area contributed by atoms with E-state index < -0.39 is 17.8 Å². The number of fused-ring (bicyclic) bond motifs is 1. The standard InChI is InChI=1S/C28H44O3/c1-5-28(31,6-2)16-7-9-20(3)25-13-14-26-22(10-8-15-27(25,26)4)12-11-21-17-23(29)19-24(30)18-21/h7,11-13,16,20,23-24,26,29-31H,5-6,8-10,14-15,17-19H2,1-4H3/b16-7-,22-12+/t20-,23-,24-,26+,27-/m1/s1. The molecule has 0 aliphatic heterocycles. The first-order valence-electron chi connectivity index (χ1n) is 12.6. The zero-order valence-electron chi connectivity index (χ0n) is 20.1. The van der Waals surface area contributed by atoms with Crippen molar-refractivity contribution in [3.05, 3.63) is 47.1 Å². The fourth-order valence-electron chi connectivity index (χ4n) is 6.25. The van der Waals surface area contributed by atoms with E-state index in [2.05, 4.69) is 38.2 Å². The molecule has 5 atom stereocenters. The van der Waals surface area contributed by atoms with Crippen molar-refractivity contribution in [2.45, 2.75) is 110 Å². The van der Waals surface area contributed by atoms with Gasteiger partial charge in [0, 0.05) is 0 Å². The van der Waals surface area contributed by atoms with Crippen molar-refractivity contribution < 1.29 is 15.3 Å². The van der Waals surface area contributed by atoms with Crippen molar-refractivity contribution in [1.82, 2.24) is 0 Å². The van der Waals surface area contributed by atoms with Crippen LogP contribution in [0.15, 0.2) is 47.1 Å². The summed E-state index contributed by atoms with van der Waals surface area (Å²) in [6.07, 6.45) is 19.5. The highest BCUT2D eigenvalue weighted by atomic mass is 16.3. The van der Waals surface area contributed by atoms with Crippen molar-refractivity contribution in [3.8, 4) is 0 Å². The number of allylic oxidation sites excluding steroid dienone is 6. The van der Waals surface area contributed by atoms with Gasteiger partial charge in [0.25, 0.3) is 0 Å². The lowest BCUT2D eigenvalue weighted by atomic mass is 9.62. The Morgan fingerprint density at radius 2 is 1.84 bits per heavy atom. The SMILES string of the molecule is CCC(O)(/C=C\C[C@@H](C)C1=CC[C@H]2/C(=C/C=C3C[C@@H](O)C[C@H](O)C3)CCC[C@]12C)CC. The van der Waals surface area contributed by atoms with Crippen LogP contribution in [0.1, 0.15) is 91.9 Å². The number of aliphatic hydroxyl groups excluding tert-OH is 2. The van der Waals surface area contributed by atoms with Gasteiger partial charge in [-0.05, 0) is 81.5 Å². The molecule has 2 saturated carbocycles. The van der Waals surface area contributed by atoms with E-state index >= 15 is 0 Å². The maximum Gasteiger partial charge on any atom is 0.0822 e. The topological polar surface area (TPSA) is 60.7 Å². The number of rotatable bonds is 7. The van der Waals surface area contributed by atoms with E-state index in [1.165, 1.54) is 24.0 Å². The molecule has 0 aromatic rings. The average Bonchev–Trinajstić information content (AvgIpc) is 3.09. The first-order valence-corrected chi connectivity index (χ1v) is 12.6. The molecule has 0 unspecified atom stereocenters. The Hall–Kier alpha value is -1.16. The summed E-state index contributed by atoms with van der Waals surface area (Å²) in [5.41, 5.74) is 3.88. The number of hydrogen-bond acceptors (Lipinski definition) is 3. The lowest BCUT2D eigenvalue weighted by Gasteiger charge is -2.42. The zero-order valence-corrected chi connectivity index (χ0v) is 20.1. The van der Waals surface area contributed by atoms with Gasteiger partial charge in [-0.1, -0.05) is 74.8 Å². The monoisotopic (exact) mass is 428 g/mol. The molecular weight excluding hydrogens is 384 g/mol. The second-order valence-corrected chi connectivity index (χ2v) is 10.6. The fourth-order valence-corrected chi connectivity index (χ4v) is 6.25. The molecule has 2 fully saturated rings. The highest BCUT2D eigenvalue weighted by molar-refractivity contribution is 5.35. The van der Waals surface area contributed by atoms with Crippen LogP contribution in [0.5, 0.6) is 0 Å². The quantitative estimate of drug-likeness (QED) is 0.435. The first-order chi connectivity index (χ1) is 14.7. The average molecular weight is 429 g/mol. The van der Waals surface area contributed by atoms with Crippen LogP contribution in [-0.4, -0.2) is 33.1 Å². The van der Waals surface area contributed by atoms with Crippen LogP contribution in [-0.2, 0) is 0 Å². The van der Waals surface area contributed by atoms with Crippen LogP contribution in [0.2, 0.25) is 0 Å². The van der Waals surface area contributed by atoms with E-state index in [4.69, 9.17) is 0 Å². The van der Waals surface area contributed by atoms with Crippen molar-refractivity contribution in [2.75, 3.05) is 0 Å². The smallest absolute Gasteiger partial charge is 0.0822 e. The molecule has 0 aromatic carbocycles. The Morgan fingerprint density at radius 1 is 1.16 bits per heavy atom. The second kappa shape index (κ2) is 10.2. The molecule has 0 heterocycles. The molecule has 0 amide bonds. The maximum absolute atomic E-state index is 10.5. The van der Waals surface area contributed by atoms with Gasteiger partial charge < -0.3 is 15.3 Å². The minimum atomic E-state index is -0.662. The zero-order chi connectivity index (χ0) is 22.6. The van der Waals surface area contributed by atoms with E-state index in [0.29, 0.717) is 31.1 Å². The molecule has 31 heavy (non-hydrogen) atoms. The second-order valence-electron chi connectivity index (χ2n) is 10.6. The molecule has 3 rings (SSSR count). The summed E-state index contributed by atoms with van der Waals surface area (Å²) in [5.74, 6) is 1.06. The van der Waals surface area contributed by atoms with E-state index in [0.717, 1.165) is 32.1 Å². The molecule has 3 heteroatoms. The molecule has 3 N–H and O–H groups in total. The highest BCUT2D eigenvalue weighted by Gasteiger charge is 2.45. The third kappa shape index (κ3) is 5.61. The van der Waals surface area contributed by atoms with Crippen LogP contribution in [0.3, 0.4) is 0 Å². The van der Waals surface area contributed by atoms with Gasteiger partial charge in [0.1, 0.15) is 0 Å². The van der Waals surface area contributed by atoms with E-state index in [-0.39, 0.29) is 5.41 Å². The lowest BCUT2D eigenvalue weighted by molar-refractivity contribution is 0.0609. The van der Waals surface area contributed by atoms with Gasteiger partial charge >= 0.3 is 0 Å². The summed E-state index contributed by atoms with van der Waals surface area (Å²) < 4.78 is 0.